The van der Waals surface area contributed by atoms with Crippen LogP contribution in [0.5, 0.6) is 11.5 Å². The zero-order valence-corrected chi connectivity index (χ0v) is 14.5. The van der Waals surface area contributed by atoms with E-state index in [1.807, 2.05) is 30.3 Å². The van der Waals surface area contributed by atoms with E-state index in [-0.39, 0.29) is 17.4 Å². The number of phenolic OH excluding ortho intramolecular Hbond substituents is 1. The monoisotopic (exact) mass is 330 g/mol. The van der Waals surface area contributed by atoms with E-state index in [0.29, 0.717) is 5.75 Å². The van der Waals surface area contributed by atoms with Gasteiger partial charge in [-0.05, 0) is 43.2 Å². The number of hydrogen-bond donors (Lipinski definition) is 1. The average Bonchev–Trinajstić information content (AvgIpc) is 2.61. The van der Waals surface area contributed by atoms with Crippen molar-refractivity contribution in [2.24, 2.45) is 0 Å². The third-order valence-corrected chi connectivity index (χ3v) is 5.12. The van der Waals surface area contributed by atoms with Gasteiger partial charge in [0.05, 0.1) is 0 Å². The maximum Gasteiger partial charge on any atom is 0.123 e. The number of aromatic hydroxyl groups is 1. The fourth-order valence-corrected chi connectivity index (χ4v) is 4.07. The Hall–Kier alpha value is -2.74. The predicted octanol–water partition coefficient (Wildman–Crippen LogP) is 5.48. The normalized spacial score (nSPS) is 21.2. The minimum Gasteiger partial charge on any atom is -0.508 e. The van der Waals surface area contributed by atoms with E-state index in [4.69, 9.17) is 4.74 Å². The highest BCUT2D eigenvalue weighted by molar-refractivity contribution is 5.50. The summed E-state index contributed by atoms with van der Waals surface area (Å²) in [6.07, 6.45) is 0. The minimum absolute atomic E-state index is 0.169. The van der Waals surface area contributed by atoms with E-state index in [0.717, 1.165) is 5.75 Å². The van der Waals surface area contributed by atoms with E-state index in [1.54, 1.807) is 12.1 Å². The van der Waals surface area contributed by atoms with Crippen molar-refractivity contribution in [3.05, 3.63) is 95.6 Å². The van der Waals surface area contributed by atoms with Gasteiger partial charge in [0.15, 0.2) is 0 Å². The summed E-state index contributed by atoms with van der Waals surface area (Å²) in [6.45, 7) is 4.32. The van der Waals surface area contributed by atoms with Gasteiger partial charge in [-0.3, -0.25) is 0 Å². The van der Waals surface area contributed by atoms with Crippen molar-refractivity contribution in [3.8, 4) is 11.5 Å². The Bertz CT molecular complexity index is 866. The third kappa shape index (κ3) is 2.78. The van der Waals surface area contributed by atoms with Crippen LogP contribution in [0.2, 0.25) is 0 Å². The number of hydrogen-bond acceptors (Lipinski definition) is 2. The highest BCUT2D eigenvalue weighted by Crippen LogP contribution is 2.52. The van der Waals surface area contributed by atoms with Gasteiger partial charge in [0.2, 0.25) is 0 Å². The van der Waals surface area contributed by atoms with Crippen LogP contribution in [0.15, 0.2) is 78.9 Å². The molecule has 1 N–H and O–H groups in total. The second kappa shape index (κ2) is 5.96. The largest absolute Gasteiger partial charge is 0.508 e. The molecule has 0 spiro atoms. The van der Waals surface area contributed by atoms with Crippen LogP contribution in [0.25, 0.3) is 0 Å². The second-order valence-electron chi connectivity index (χ2n) is 7.20. The van der Waals surface area contributed by atoms with Crippen molar-refractivity contribution >= 4 is 0 Å². The van der Waals surface area contributed by atoms with Crippen molar-refractivity contribution in [1.82, 2.24) is 0 Å². The number of para-hydroxylation sites is 1. The molecule has 126 valence electrons. The molecule has 1 heterocycles. The van der Waals surface area contributed by atoms with Crippen molar-refractivity contribution in [1.29, 1.82) is 0 Å². The molecule has 0 bridgehead atoms. The summed E-state index contributed by atoms with van der Waals surface area (Å²) < 4.78 is 6.41. The van der Waals surface area contributed by atoms with Gasteiger partial charge in [0, 0.05) is 17.4 Å². The summed E-state index contributed by atoms with van der Waals surface area (Å²) in [5.41, 5.74) is 3.30. The van der Waals surface area contributed by atoms with Crippen LogP contribution in [0.1, 0.15) is 42.4 Å². The van der Waals surface area contributed by atoms with E-state index in [1.165, 1.54) is 16.7 Å². The quantitative estimate of drug-likeness (QED) is 0.674. The van der Waals surface area contributed by atoms with Gasteiger partial charge in [0.1, 0.15) is 17.1 Å². The molecule has 0 radical (unpaired) electrons. The van der Waals surface area contributed by atoms with Gasteiger partial charge in [-0.1, -0.05) is 60.7 Å². The van der Waals surface area contributed by atoms with Gasteiger partial charge in [0.25, 0.3) is 0 Å². The number of benzene rings is 3. The second-order valence-corrected chi connectivity index (χ2v) is 7.20. The molecule has 2 atom stereocenters. The van der Waals surface area contributed by atoms with Crippen molar-refractivity contribution in [2.45, 2.75) is 31.3 Å². The van der Waals surface area contributed by atoms with Crippen LogP contribution < -0.4 is 4.74 Å². The van der Waals surface area contributed by atoms with Crippen LogP contribution >= 0.6 is 0 Å². The SMILES string of the molecule is CC1(C)Oc2ccccc2[C@H](c2ccc(O)cc2)[C@H]1c1ccccc1. The van der Waals surface area contributed by atoms with Gasteiger partial charge in [-0.2, -0.15) is 0 Å². The highest BCUT2D eigenvalue weighted by atomic mass is 16.5. The molecule has 0 fully saturated rings. The first-order valence-corrected chi connectivity index (χ1v) is 8.68. The molecule has 2 nitrogen and oxygen atoms in total. The third-order valence-electron chi connectivity index (χ3n) is 5.12. The van der Waals surface area contributed by atoms with Crippen LogP contribution in [0.4, 0.5) is 0 Å². The molecule has 4 rings (SSSR count). The summed E-state index contributed by atoms with van der Waals surface area (Å²) in [6, 6.07) is 26.4. The topological polar surface area (TPSA) is 29.5 Å². The lowest BCUT2D eigenvalue weighted by Gasteiger charge is -2.45. The fraction of sp³-hybridized carbons (Fsp3) is 0.217. The fourth-order valence-electron chi connectivity index (χ4n) is 4.07. The van der Waals surface area contributed by atoms with E-state index >= 15 is 0 Å². The summed E-state index contributed by atoms with van der Waals surface area (Å²) in [5, 5.41) is 9.71. The summed E-state index contributed by atoms with van der Waals surface area (Å²) in [4.78, 5) is 0. The van der Waals surface area contributed by atoms with E-state index in [2.05, 4.69) is 50.2 Å². The first-order chi connectivity index (χ1) is 12.1. The molecule has 0 unspecified atom stereocenters. The van der Waals surface area contributed by atoms with E-state index < -0.39 is 0 Å². The first kappa shape index (κ1) is 15.8. The molecule has 1 aliphatic rings. The van der Waals surface area contributed by atoms with Crippen molar-refractivity contribution in [3.63, 3.8) is 0 Å². The molecular formula is C23H22O2. The van der Waals surface area contributed by atoms with Gasteiger partial charge < -0.3 is 9.84 Å². The van der Waals surface area contributed by atoms with Crippen LogP contribution in [-0.2, 0) is 0 Å². The number of ether oxygens (including phenoxy) is 1. The Balaban J connectivity index is 1.94. The zero-order chi connectivity index (χ0) is 17.4. The summed E-state index contributed by atoms with van der Waals surface area (Å²) in [7, 11) is 0. The molecule has 0 aliphatic carbocycles. The number of fused-ring (bicyclic) bond motifs is 1. The lowest BCUT2D eigenvalue weighted by atomic mass is 9.68. The first-order valence-electron chi connectivity index (χ1n) is 8.68. The van der Waals surface area contributed by atoms with Crippen LogP contribution in [-0.4, -0.2) is 10.7 Å². The molecule has 0 amide bonds. The minimum atomic E-state index is -0.349. The van der Waals surface area contributed by atoms with Gasteiger partial charge in [-0.15, -0.1) is 0 Å². The molecule has 0 saturated carbocycles. The molecule has 25 heavy (non-hydrogen) atoms. The van der Waals surface area contributed by atoms with Gasteiger partial charge >= 0.3 is 0 Å². The van der Waals surface area contributed by atoms with Gasteiger partial charge in [-0.25, -0.2) is 0 Å². The molecule has 0 saturated heterocycles. The van der Waals surface area contributed by atoms with Crippen LogP contribution in [0.3, 0.4) is 0 Å². The van der Waals surface area contributed by atoms with Crippen molar-refractivity contribution < 1.29 is 9.84 Å². The Kier molecular flexibility index (Phi) is 3.76. The van der Waals surface area contributed by atoms with E-state index in [9.17, 15) is 5.11 Å². The predicted molar refractivity (Wildman–Crippen MR) is 100 cm³/mol. The Morgan fingerprint density at radius 1 is 0.760 bits per heavy atom. The lowest BCUT2D eigenvalue weighted by molar-refractivity contribution is 0.0531. The smallest absolute Gasteiger partial charge is 0.123 e. The molecular weight excluding hydrogens is 308 g/mol. The number of rotatable bonds is 2. The molecule has 0 aromatic heterocycles. The molecule has 1 aliphatic heterocycles. The Labute approximate surface area is 148 Å². The Morgan fingerprint density at radius 2 is 1.40 bits per heavy atom. The maximum absolute atomic E-state index is 9.71. The lowest BCUT2D eigenvalue weighted by Crippen LogP contribution is -2.43. The molecule has 3 aromatic rings. The zero-order valence-electron chi connectivity index (χ0n) is 14.5. The summed E-state index contributed by atoms with van der Waals surface area (Å²) in [5.74, 6) is 1.58. The Morgan fingerprint density at radius 3 is 2.12 bits per heavy atom. The summed E-state index contributed by atoms with van der Waals surface area (Å²) >= 11 is 0. The standard InChI is InChI=1S/C23H22O2/c1-23(2)22(17-8-4-3-5-9-17)21(16-12-14-18(24)15-13-16)19-10-6-7-11-20(19)25-23/h3-15,21-22,24H,1-2H3/t21-,22+/m0/s1. The van der Waals surface area contributed by atoms with Crippen molar-refractivity contribution in [2.75, 3.05) is 0 Å². The maximum atomic E-state index is 9.71. The average molecular weight is 330 g/mol. The molecule has 3 aromatic carbocycles. The highest BCUT2D eigenvalue weighted by Gasteiger charge is 2.45. The molecule has 2 heteroatoms. The van der Waals surface area contributed by atoms with Crippen LogP contribution in [0, 0.1) is 0 Å². The number of phenols is 1.